The molecule has 0 spiro atoms. The molecule has 1 unspecified atom stereocenters. The van der Waals surface area contributed by atoms with E-state index in [-0.39, 0.29) is 45.6 Å². The van der Waals surface area contributed by atoms with Crippen LogP contribution in [0.3, 0.4) is 0 Å². The average Bonchev–Trinajstić information content (AvgIpc) is 2.74. The van der Waals surface area contributed by atoms with Gasteiger partial charge in [0.25, 0.3) is 0 Å². The molecule has 8 heteroatoms. The third kappa shape index (κ3) is 3.08. The lowest BCUT2D eigenvalue weighted by Gasteiger charge is -2.26. The minimum atomic E-state index is -0.919. The number of hydrogen-bond acceptors (Lipinski definition) is 6. The van der Waals surface area contributed by atoms with Crippen molar-refractivity contribution in [3.05, 3.63) is 87.8 Å². The zero-order valence-corrected chi connectivity index (χ0v) is 16.3. The van der Waals surface area contributed by atoms with E-state index in [1.54, 1.807) is 0 Å². The van der Waals surface area contributed by atoms with Crippen molar-refractivity contribution < 1.29 is 32.9 Å². The second kappa shape index (κ2) is 7.19. The quantitative estimate of drug-likeness (QED) is 0.352. The highest BCUT2D eigenvalue weighted by Gasteiger charge is 2.35. The zero-order valence-electron chi connectivity index (χ0n) is 16.3. The van der Waals surface area contributed by atoms with Gasteiger partial charge in [-0.2, -0.15) is 0 Å². The van der Waals surface area contributed by atoms with Gasteiger partial charge in [-0.25, -0.2) is 8.78 Å². The van der Waals surface area contributed by atoms with E-state index in [9.17, 15) is 28.6 Å². The van der Waals surface area contributed by atoms with Crippen LogP contribution < -0.4 is 10.2 Å². The van der Waals surface area contributed by atoms with E-state index in [0.29, 0.717) is 11.6 Å². The lowest BCUT2D eigenvalue weighted by Crippen LogP contribution is -2.22. The Labute approximate surface area is 178 Å². The van der Waals surface area contributed by atoms with Crippen molar-refractivity contribution in [3.8, 4) is 28.4 Å². The molecule has 0 saturated carbocycles. The number of aromatic hydroxyl groups is 2. The van der Waals surface area contributed by atoms with Gasteiger partial charge in [0.1, 0.15) is 46.1 Å². The molecule has 0 fully saturated rings. The smallest absolute Gasteiger partial charge is 0.312 e. The molecule has 0 saturated heterocycles. The number of benzene rings is 3. The van der Waals surface area contributed by atoms with Crippen molar-refractivity contribution in [2.24, 2.45) is 0 Å². The molecule has 1 aliphatic rings. The Morgan fingerprint density at radius 1 is 0.969 bits per heavy atom. The number of phenolic OH excluding ortho intramolecular Hbond substituents is 2. The van der Waals surface area contributed by atoms with E-state index in [1.807, 2.05) is 0 Å². The van der Waals surface area contributed by atoms with Gasteiger partial charge in [0.2, 0.25) is 5.43 Å². The Bertz CT molecular complexity index is 1460. The van der Waals surface area contributed by atoms with E-state index in [2.05, 4.69) is 0 Å². The maximum atomic E-state index is 14.6. The summed E-state index contributed by atoms with van der Waals surface area (Å²) >= 11 is 0. The minimum Gasteiger partial charge on any atom is -0.508 e. The lowest BCUT2D eigenvalue weighted by atomic mass is 9.84. The number of carbonyl (C=O) groups is 1. The van der Waals surface area contributed by atoms with Crippen LogP contribution in [-0.2, 0) is 4.79 Å². The number of phenols is 2. The predicted octanol–water partition coefficient (Wildman–Crippen LogP) is 4.59. The van der Waals surface area contributed by atoms with Gasteiger partial charge in [0, 0.05) is 23.6 Å². The summed E-state index contributed by atoms with van der Waals surface area (Å²) < 4.78 is 39.0. The summed E-state index contributed by atoms with van der Waals surface area (Å²) in [5.41, 5.74) is 0.188. The Morgan fingerprint density at radius 3 is 2.44 bits per heavy atom. The van der Waals surface area contributed by atoms with Crippen molar-refractivity contribution in [1.82, 2.24) is 0 Å². The van der Waals surface area contributed by atoms with E-state index in [0.717, 1.165) is 12.1 Å². The molecule has 0 amide bonds. The molecule has 2 N–H and O–H groups in total. The van der Waals surface area contributed by atoms with Gasteiger partial charge in [0.05, 0.1) is 12.0 Å². The van der Waals surface area contributed by atoms with Gasteiger partial charge < -0.3 is 19.4 Å². The molecule has 3 aromatic carbocycles. The molecular formula is C24H14F2O6. The maximum absolute atomic E-state index is 14.6. The normalized spacial score (nSPS) is 15.4. The van der Waals surface area contributed by atoms with E-state index < -0.39 is 34.7 Å². The van der Waals surface area contributed by atoms with Crippen molar-refractivity contribution in [2.75, 3.05) is 0 Å². The standard InChI is InChI=1S/C24H14F2O6/c25-12-3-6-14(17(26)7-12)15-8-20(29)32-19-9-18(28)22-23(30)16(10-31-24(22)21(15)19)11-1-4-13(27)5-2-11/h1-7,9-10,15,27-28H,8H2. The van der Waals surface area contributed by atoms with Gasteiger partial charge in [0.15, 0.2) is 0 Å². The first-order valence-corrected chi connectivity index (χ1v) is 9.60. The number of rotatable bonds is 2. The summed E-state index contributed by atoms with van der Waals surface area (Å²) in [6, 6.07) is 9.94. The van der Waals surface area contributed by atoms with E-state index in [4.69, 9.17) is 9.15 Å². The van der Waals surface area contributed by atoms with Crippen LogP contribution in [0, 0.1) is 11.6 Å². The molecule has 1 aromatic heterocycles. The predicted molar refractivity (Wildman–Crippen MR) is 110 cm³/mol. The van der Waals surface area contributed by atoms with E-state index in [1.165, 1.54) is 36.6 Å². The molecule has 2 heterocycles. The Morgan fingerprint density at radius 2 is 1.72 bits per heavy atom. The Kier molecular flexibility index (Phi) is 4.44. The largest absolute Gasteiger partial charge is 0.508 e. The number of halogens is 2. The molecule has 0 bridgehead atoms. The van der Waals surface area contributed by atoms with Crippen LogP contribution in [0.25, 0.3) is 22.1 Å². The van der Waals surface area contributed by atoms with Crippen LogP contribution >= 0.6 is 0 Å². The van der Waals surface area contributed by atoms with Crippen molar-refractivity contribution in [3.63, 3.8) is 0 Å². The van der Waals surface area contributed by atoms with Crippen molar-refractivity contribution in [1.29, 1.82) is 0 Å². The fraction of sp³-hybridized carbons (Fsp3) is 0.0833. The number of esters is 1. The molecule has 0 aliphatic carbocycles. The highest BCUT2D eigenvalue weighted by atomic mass is 19.1. The SMILES string of the molecule is O=C1CC(c2ccc(F)cc2F)c2c(cc(O)c3c(=O)c(-c4ccc(O)cc4)coc23)O1. The minimum absolute atomic E-state index is 0.0156. The molecule has 1 atom stereocenters. The van der Waals surface area contributed by atoms with Crippen molar-refractivity contribution in [2.45, 2.75) is 12.3 Å². The second-order valence-electron chi connectivity index (χ2n) is 7.43. The first-order valence-electron chi connectivity index (χ1n) is 9.60. The Hall–Kier alpha value is -4.20. The molecular weight excluding hydrogens is 422 g/mol. The van der Waals surface area contributed by atoms with Crippen LogP contribution in [0.1, 0.15) is 23.5 Å². The number of fused-ring (bicyclic) bond motifs is 3. The summed E-state index contributed by atoms with van der Waals surface area (Å²) in [6.07, 6.45) is 0.921. The summed E-state index contributed by atoms with van der Waals surface area (Å²) in [5.74, 6) is -3.75. The topological polar surface area (TPSA) is 97.0 Å². The van der Waals surface area contributed by atoms with Gasteiger partial charge in [-0.1, -0.05) is 18.2 Å². The molecule has 1 aliphatic heterocycles. The molecule has 4 aromatic rings. The first kappa shape index (κ1) is 19.7. The highest BCUT2D eigenvalue weighted by molar-refractivity contribution is 5.94. The van der Waals surface area contributed by atoms with Crippen LogP contribution in [0.4, 0.5) is 8.78 Å². The number of hydrogen-bond donors (Lipinski definition) is 2. The second-order valence-corrected chi connectivity index (χ2v) is 7.43. The number of carbonyl (C=O) groups excluding carboxylic acids is 1. The third-order valence-electron chi connectivity index (χ3n) is 5.49. The van der Waals surface area contributed by atoms with Gasteiger partial charge in [-0.05, 0) is 29.3 Å². The maximum Gasteiger partial charge on any atom is 0.312 e. The molecule has 5 rings (SSSR count). The molecule has 0 radical (unpaired) electrons. The lowest BCUT2D eigenvalue weighted by molar-refractivity contribution is -0.135. The monoisotopic (exact) mass is 436 g/mol. The van der Waals surface area contributed by atoms with Crippen molar-refractivity contribution >= 4 is 16.9 Å². The Balaban J connectivity index is 1.78. The molecule has 32 heavy (non-hydrogen) atoms. The molecule has 6 nitrogen and oxygen atoms in total. The van der Waals surface area contributed by atoms with Gasteiger partial charge in [-0.15, -0.1) is 0 Å². The number of ether oxygens (including phenoxy) is 1. The summed E-state index contributed by atoms with van der Waals surface area (Å²) in [7, 11) is 0. The third-order valence-corrected chi connectivity index (χ3v) is 5.49. The zero-order chi connectivity index (χ0) is 22.6. The highest BCUT2D eigenvalue weighted by Crippen LogP contribution is 2.46. The average molecular weight is 436 g/mol. The first-order chi connectivity index (χ1) is 15.3. The van der Waals surface area contributed by atoms with Crippen LogP contribution in [0.2, 0.25) is 0 Å². The summed E-state index contributed by atoms with van der Waals surface area (Å²) in [4.78, 5) is 25.4. The fourth-order valence-electron chi connectivity index (χ4n) is 4.02. The van der Waals surface area contributed by atoms with Crippen LogP contribution in [0.15, 0.2) is 64.0 Å². The van der Waals surface area contributed by atoms with Crippen LogP contribution in [0.5, 0.6) is 17.2 Å². The van der Waals surface area contributed by atoms with Gasteiger partial charge in [-0.3, -0.25) is 9.59 Å². The fourth-order valence-corrected chi connectivity index (χ4v) is 4.02. The summed E-state index contributed by atoms with van der Waals surface area (Å²) in [5, 5.41) is 19.9. The van der Waals surface area contributed by atoms with Gasteiger partial charge >= 0.3 is 5.97 Å². The van der Waals surface area contributed by atoms with E-state index >= 15 is 0 Å². The molecule has 160 valence electrons. The van der Waals surface area contributed by atoms with Crippen LogP contribution in [-0.4, -0.2) is 16.2 Å². The summed E-state index contributed by atoms with van der Waals surface area (Å²) in [6.45, 7) is 0.